The van der Waals surface area contributed by atoms with E-state index in [0.717, 1.165) is 32.4 Å². The van der Waals surface area contributed by atoms with Gasteiger partial charge >= 0.3 is 0 Å². The maximum atomic E-state index is 13.3. The van der Waals surface area contributed by atoms with Gasteiger partial charge in [0, 0.05) is 50.8 Å². The summed E-state index contributed by atoms with van der Waals surface area (Å²) in [5, 5.41) is 0.777. The van der Waals surface area contributed by atoms with Crippen molar-refractivity contribution in [3.8, 4) is 0 Å². The third-order valence-electron chi connectivity index (χ3n) is 6.71. The van der Waals surface area contributed by atoms with E-state index >= 15 is 0 Å². The molecule has 0 aliphatic carbocycles. The number of halogens is 2. The van der Waals surface area contributed by atoms with Crippen molar-refractivity contribution in [2.75, 3.05) is 52.4 Å². The number of hydrogen-bond donors (Lipinski definition) is 0. The van der Waals surface area contributed by atoms with Crippen LogP contribution in [-0.4, -0.2) is 95.7 Å². The number of piperidine rings is 1. The summed E-state index contributed by atoms with van der Waals surface area (Å²) < 4.78 is 0. The second-order valence-electron chi connectivity index (χ2n) is 8.82. The van der Waals surface area contributed by atoms with Crippen molar-refractivity contribution >= 4 is 40.9 Å². The zero-order chi connectivity index (χ0) is 22.7. The zero-order valence-corrected chi connectivity index (χ0v) is 19.8. The monoisotopic (exact) mass is 480 g/mol. The fourth-order valence-electron chi connectivity index (χ4n) is 4.85. The second kappa shape index (κ2) is 10.4. The highest BCUT2D eigenvalue weighted by Gasteiger charge is 2.38. The molecule has 4 rings (SSSR count). The van der Waals surface area contributed by atoms with Crippen molar-refractivity contribution in [1.82, 2.24) is 19.6 Å². The topological polar surface area (TPSA) is 64.2 Å². The van der Waals surface area contributed by atoms with E-state index in [1.54, 1.807) is 23.1 Å². The van der Waals surface area contributed by atoms with Crippen molar-refractivity contribution in [1.29, 1.82) is 0 Å². The SMILES string of the molecule is O=C(CN1CCN(C(=O)C2CCCN2C(=O)c2cc(Cl)ccc2Cl)CC1)N1CCCCC1. The number of nitrogens with zero attached hydrogens (tertiary/aromatic N) is 4. The minimum atomic E-state index is -0.473. The van der Waals surface area contributed by atoms with Crippen molar-refractivity contribution in [3.05, 3.63) is 33.8 Å². The van der Waals surface area contributed by atoms with E-state index in [9.17, 15) is 14.4 Å². The summed E-state index contributed by atoms with van der Waals surface area (Å²) in [6, 6.07) is 4.33. The standard InChI is InChI=1S/C23H30Cl2N4O3/c24-17-6-7-19(25)18(15-17)22(31)29-10-4-5-20(29)23(32)28-13-11-26(12-14-28)16-21(30)27-8-2-1-3-9-27/h6-7,15,20H,1-5,8-14,16H2. The summed E-state index contributed by atoms with van der Waals surface area (Å²) in [4.78, 5) is 46.4. The van der Waals surface area contributed by atoms with E-state index in [1.165, 1.54) is 6.42 Å². The van der Waals surface area contributed by atoms with Crippen LogP contribution in [0.1, 0.15) is 42.5 Å². The van der Waals surface area contributed by atoms with Gasteiger partial charge in [-0.15, -0.1) is 0 Å². The summed E-state index contributed by atoms with van der Waals surface area (Å²) in [5.41, 5.74) is 0.333. The molecule has 0 spiro atoms. The van der Waals surface area contributed by atoms with Gasteiger partial charge < -0.3 is 14.7 Å². The van der Waals surface area contributed by atoms with Crippen LogP contribution in [0.5, 0.6) is 0 Å². The number of carbonyl (C=O) groups is 3. The quantitative estimate of drug-likeness (QED) is 0.664. The molecule has 1 aromatic carbocycles. The summed E-state index contributed by atoms with van der Waals surface area (Å²) in [6.07, 6.45) is 4.81. The minimum absolute atomic E-state index is 0.0176. The van der Waals surface area contributed by atoms with Crippen LogP contribution in [0.4, 0.5) is 0 Å². The number of likely N-dealkylation sites (tertiary alicyclic amines) is 2. The Balaban J connectivity index is 1.32. The fraction of sp³-hybridized carbons (Fsp3) is 0.609. The summed E-state index contributed by atoms with van der Waals surface area (Å²) in [7, 11) is 0. The maximum Gasteiger partial charge on any atom is 0.256 e. The lowest BCUT2D eigenvalue weighted by atomic mass is 10.1. The highest BCUT2D eigenvalue weighted by atomic mass is 35.5. The summed E-state index contributed by atoms with van der Waals surface area (Å²) >= 11 is 12.3. The molecule has 9 heteroatoms. The first-order chi connectivity index (χ1) is 15.4. The zero-order valence-electron chi connectivity index (χ0n) is 18.3. The van der Waals surface area contributed by atoms with Crippen molar-refractivity contribution in [2.45, 2.75) is 38.1 Å². The molecule has 0 bridgehead atoms. The molecule has 3 amide bonds. The van der Waals surface area contributed by atoms with Gasteiger partial charge in [0.1, 0.15) is 6.04 Å². The van der Waals surface area contributed by atoms with E-state index in [1.807, 2.05) is 9.80 Å². The molecular formula is C23H30Cl2N4O3. The lowest BCUT2D eigenvalue weighted by molar-refractivity contribution is -0.138. The Kier molecular flexibility index (Phi) is 7.59. The molecule has 3 fully saturated rings. The van der Waals surface area contributed by atoms with Gasteiger partial charge in [-0.2, -0.15) is 0 Å². The number of hydrogen-bond acceptors (Lipinski definition) is 4. The molecular weight excluding hydrogens is 451 g/mol. The molecule has 1 unspecified atom stereocenters. The number of benzene rings is 1. The molecule has 1 aromatic rings. The predicted octanol–water partition coefficient (Wildman–Crippen LogP) is 2.75. The summed E-state index contributed by atoms with van der Waals surface area (Å²) in [6.45, 7) is 5.16. The van der Waals surface area contributed by atoms with Crippen molar-refractivity contribution in [2.24, 2.45) is 0 Å². The molecule has 3 saturated heterocycles. The van der Waals surface area contributed by atoms with Crippen LogP contribution in [0.25, 0.3) is 0 Å². The third-order valence-corrected chi connectivity index (χ3v) is 7.27. The Morgan fingerprint density at radius 2 is 1.56 bits per heavy atom. The average Bonchev–Trinajstić information content (AvgIpc) is 3.31. The van der Waals surface area contributed by atoms with Crippen LogP contribution in [0, 0.1) is 0 Å². The van der Waals surface area contributed by atoms with Gasteiger partial charge in [-0.05, 0) is 50.3 Å². The Labute approximate surface area is 199 Å². The number of rotatable bonds is 4. The van der Waals surface area contributed by atoms with Gasteiger partial charge in [-0.3, -0.25) is 19.3 Å². The fourth-order valence-corrected chi connectivity index (χ4v) is 5.22. The molecule has 3 aliphatic heterocycles. The van der Waals surface area contributed by atoms with Crippen LogP contribution in [0.3, 0.4) is 0 Å². The lowest BCUT2D eigenvalue weighted by Crippen LogP contribution is -2.55. The third kappa shape index (κ3) is 5.21. The molecule has 0 N–H and O–H groups in total. The van der Waals surface area contributed by atoms with Crippen LogP contribution in [0.2, 0.25) is 10.0 Å². The molecule has 3 aliphatic rings. The van der Waals surface area contributed by atoms with Crippen LogP contribution < -0.4 is 0 Å². The number of carbonyl (C=O) groups excluding carboxylic acids is 3. The Hall–Kier alpha value is -1.83. The molecule has 1 atom stereocenters. The number of piperazine rings is 1. The molecule has 0 aromatic heterocycles. The van der Waals surface area contributed by atoms with Crippen molar-refractivity contribution in [3.63, 3.8) is 0 Å². The lowest BCUT2D eigenvalue weighted by Gasteiger charge is -2.38. The highest BCUT2D eigenvalue weighted by Crippen LogP contribution is 2.27. The number of amides is 3. The molecule has 0 radical (unpaired) electrons. The van der Waals surface area contributed by atoms with Crippen LogP contribution >= 0.6 is 23.2 Å². The van der Waals surface area contributed by atoms with Gasteiger partial charge in [-0.1, -0.05) is 23.2 Å². The Morgan fingerprint density at radius 1 is 0.844 bits per heavy atom. The van der Waals surface area contributed by atoms with E-state index < -0.39 is 6.04 Å². The first kappa shape index (κ1) is 23.3. The van der Waals surface area contributed by atoms with E-state index in [0.29, 0.717) is 61.3 Å². The van der Waals surface area contributed by atoms with Crippen LogP contribution in [-0.2, 0) is 9.59 Å². The highest BCUT2D eigenvalue weighted by molar-refractivity contribution is 6.35. The molecule has 174 valence electrons. The molecule has 0 saturated carbocycles. The predicted molar refractivity (Wildman–Crippen MR) is 124 cm³/mol. The molecule has 7 nitrogen and oxygen atoms in total. The normalized spacial score (nSPS) is 22.3. The maximum absolute atomic E-state index is 13.3. The smallest absolute Gasteiger partial charge is 0.256 e. The molecule has 3 heterocycles. The largest absolute Gasteiger partial charge is 0.342 e. The van der Waals surface area contributed by atoms with Gasteiger partial charge in [0.2, 0.25) is 11.8 Å². The summed E-state index contributed by atoms with van der Waals surface area (Å²) in [5.74, 6) is -0.0782. The molecule has 32 heavy (non-hydrogen) atoms. The minimum Gasteiger partial charge on any atom is -0.342 e. The van der Waals surface area contributed by atoms with E-state index in [2.05, 4.69) is 4.90 Å². The first-order valence-electron chi connectivity index (χ1n) is 11.5. The van der Waals surface area contributed by atoms with Gasteiger partial charge in [-0.25, -0.2) is 0 Å². The second-order valence-corrected chi connectivity index (χ2v) is 9.67. The Bertz CT molecular complexity index is 867. The van der Waals surface area contributed by atoms with Gasteiger partial charge in [0.25, 0.3) is 5.91 Å². The van der Waals surface area contributed by atoms with E-state index in [-0.39, 0.29) is 17.7 Å². The van der Waals surface area contributed by atoms with Crippen LogP contribution in [0.15, 0.2) is 18.2 Å². The van der Waals surface area contributed by atoms with Crippen molar-refractivity contribution < 1.29 is 14.4 Å². The first-order valence-corrected chi connectivity index (χ1v) is 12.2. The van der Waals surface area contributed by atoms with E-state index in [4.69, 9.17) is 23.2 Å². The van der Waals surface area contributed by atoms with Gasteiger partial charge in [0.15, 0.2) is 0 Å². The average molecular weight is 481 g/mol. The van der Waals surface area contributed by atoms with Gasteiger partial charge in [0.05, 0.1) is 17.1 Å². The Morgan fingerprint density at radius 3 is 2.28 bits per heavy atom.